The van der Waals surface area contributed by atoms with Gasteiger partial charge < -0.3 is 5.32 Å². The quantitative estimate of drug-likeness (QED) is 0.491. The number of benzene rings is 1. The number of aromatic nitrogens is 2. The number of aromatic amines is 1. The van der Waals surface area contributed by atoms with Gasteiger partial charge in [-0.2, -0.15) is 5.10 Å². The number of hydrogen-bond donors (Lipinski definition) is 2. The third kappa shape index (κ3) is 2.89. The van der Waals surface area contributed by atoms with Crippen LogP contribution in [0.15, 0.2) is 24.4 Å². The van der Waals surface area contributed by atoms with Crippen molar-refractivity contribution in [3.05, 3.63) is 49.3 Å². The molecule has 0 aliphatic rings. The van der Waals surface area contributed by atoms with Crippen molar-refractivity contribution in [3.63, 3.8) is 0 Å². The molecule has 0 saturated heterocycles. The Hall–Kier alpha value is -1.97. The average Bonchev–Trinajstić information content (AvgIpc) is 2.77. The van der Waals surface area contributed by atoms with Crippen LogP contribution >= 0.6 is 22.6 Å². The maximum Gasteiger partial charge on any atom is 0.274 e. The lowest BCUT2D eigenvalue weighted by atomic mass is 10.1. The van der Waals surface area contributed by atoms with Gasteiger partial charge in [-0.1, -0.05) is 0 Å². The zero-order valence-electron chi connectivity index (χ0n) is 9.81. The fraction of sp³-hybridized carbons (Fsp3) is 0.0909. The summed E-state index contributed by atoms with van der Waals surface area (Å²) >= 11 is 1.99. The van der Waals surface area contributed by atoms with Crippen LogP contribution in [-0.2, 0) is 0 Å². The molecule has 0 atom stereocenters. The van der Waals surface area contributed by atoms with E-state index >= 15 is 0 Å². The lowest BCUT2D eigenvalue weighted by molar-refractivity contribution is -0.384. The molecule has 2 N–H and O–H groups in total. The Morgan fingerprint density at radius 2 is 2.26 bits per heavy atom. The molecule has 19 heavy (non-hydrogen) atoms. The molecule has 0 bridgehead atoms. The number of nitro groups is 1. The number of halogens is 1. The summed E-state index contributed by atoms with van der Waals surface area (Å²) in [5.74, 6) is -0.334. The maximum absolute atomic E-state index is 11.9. The number of aryl methyl sites for hydroxylation is 1. The van der Waals surface area contributed by atoms with Gasteiger partial charge in [0.25, 0.3) is 11.6 Å². The van der Waals surface area contributed by atoms with Gasteiger partial charge in [-0.25, -0.2) is 0 Å². The number of rotatable bonds is 3. The van der Waals surface area contributed by atoms with Crippen molar-refractivity contribution in [2.75, 3.05) is 5.32 Å². The van der Waals surface area contributed by atoms with Crippen molar-refractivity contribution in [2.45, 2.75) is 6.92 Å². The van der Waals surface area contributed by atoms with Crippen molar-refractivity contribution in [2.24, 2.45) is 0 Å². The first-order valence-corrected chi connectivity index (χ1v) is 6.32. The highest BCUT2D eigenvalue weighted by atomic mass is 127. The number of non-ortho nitro benzene ring substituents is 1. The lowest BCUT2D eigenvalue weighted by Gasteiger charge is -2.07. The highest BCUT2D eigenvalue weighted by Gasteiger charge is 2.14. The minimum atomic E-state index is -0.476. The number of hydrogen-bond acceptors (Lipinski definition) is 4. The predicted molar refractivity (Wildman–Crippen MR) is 77.1 cm³/mol. The SMILES string of the molecule is Cc1cc([N+](=O)[O-])ccc1NC(=O)c1[nH]ncc1I. The molecule has 0 unspecified atom stereocenters. The summed E-state index contributed by atoms with van der Waals surface area (Å²) < 4.78 is 0.703. The first-order chi connectivity index (χ1) is 8.99. The fourth-order valence-electron chi connectivity index (χ4n) is 1.52. The second-order valence-electron chi connectivity index (χ2n) is 3.80. The molecule has 2 aromatic rings. The molecule has 98 valence electrons. The predicted octanol–water partition coefficient (Wildman–Crippen LogP) is 2.48. The number of amides is 1. The third-order valence-electron chi connectivity index (χ3n) is 2.49. The van der Waals surface area contributed by atoms with Gasteiger partial charge >= 0.3 is 0 Å². The van der Waals surface area contributed by atoms with E-state index in [0.29, 0.717) is 20.5 Å². The Morgan fingerprint density at radius 1 is 1.53 bits per heavy atom. The van der Waals surface area contributed by atoms with Crippen molar-refractivity contribution >= 4 is 39.9 Å². The van der Waals surface area contributed by atoms with E-state index in [0.717, 1.165) is 0 Å². The van der Waals surface area contributed by atoms with Crippen LogP contribution in [-0.4, -0.2) is 21.0 Å². The van der Waals surface area contributed by atoms with Crippen LogP contribution < -0.4 is 5.32 Å². The molecule has 2 rings (SSSR count). The molecule has 0 saturated carbocycles. The van der Waals surface area contributed by atoms with Crippen LogP contribution in [0.3, 0.4) is 0 Å². The molecule has 1 aromatic heterocycles. The van der Waals surface area contributed by atoms with Gasteiger partial charge in [0, 0.05) is 17.8 Å². The van der Waals surface area contributed by atoms with Crippen LogP contribution in [0.5, 0.6) is 0 Å². The van der Waals surface area contributed by atoms with E-state index in [2.05, 4.69) is 15.5 Å². The van der Waals surface area contributed by atoms with Crippen molar-refractivity contribution < 1.29 is 9.72 Å². The molecular formula is C11H9IN4O3. The zero-order chi connectivity index (χ0) is 14.0. The van der Waals surface area contributed by atoms with Crippen molar-refractivity contribution in [1.82, 2.24) is 10.2 Å². The molecule has 1 aromatic carbocycles. The van der Waals surface area contributed by atoms with Crippen LogP contribution in [0.2, 0.25) is 0 Å². The molecule has 0 spiro atoms. The Morgan fingerprint density at radius 3 is 2.79 bits per heavy atom. The lowest BCUT2D eigenvalue weighted by Crippen LogP contribution is -2.14. The molecule has 0 fully saturated rings. The van der Waals surface area contributed by atoms with Gasteiger partial charge in [-0.05, 0) is 41.1 Å². The summed E-state index contributed by atoms with van der Waals surface area (Å²) in [4.78, 5) is 22.1. The van der Waals surface area contributed by atoms with E-state index in [-0.39, 0.29) is 11.6 Å². The topological polar surface area (TPSA) is 101 Å². The number of nitro benzene ring substituents is 1. The summed E-state index contributed by atoms with van der Waals surface area (Å²) in [5, 5.41) is 19.7. The summed E-state index contributed by atoms with van der Waals surface area (Å²) in [6.07, 6.45) is 1.54. The van der Waals surface area contributed by atoms with E-state index in [1.165, 1.54) is 24.4 Å². The van der Waals surface area contributed by atoms with E-state index in [4.69, 9.17) is 0 Å². The minimum Gasteiger partial charge on any atom is -0.320 e. The smallest absolute Gasteiger partial charge is 0.274 e. The molecular weight excluding hydrogens is 363 g/mol. The Labute approximate surface area is 121 Å². The number of nitrogens with zero attached hydrogens (tertiary/aromatic N) is 2. The number of anilines is 1. The first-order valence-electron chi connectivity index (χ1n) is 5.24. The number of H-pyrrole nitrogens is 1. The summed E-state index contributed by atoms with van der Waals surface area (Å²) in [6, 6.07) is 4.27. The highest BCUT2D eigenvalue weighted by molar-refractivity contribution is 14.1. The van der Waals surface area contributed by atoms with E-state index in [9.17, 15) is 14.9 Å². The molecule has 0 aliphatic carbocycles. The largest absolute Gasteiger partial charge is 0.320 e. The summed E-state index contributed by atoms with van der Waals surface area (Å²) in [6.45, 7) is 1.69. The van der Waals surface area contributed by atoms with Crippen molar-refractivity contribution in [1.29, 1.82) is 0 Å². The second-order valence-corrected chi connectivity index (χ2v) is 4.97. The van der Waals surface area contributed by atoms with Gasteiger partial charge in [-0.3, -0.25) is 20.0 Å². The van der Waals surface area contributed by atoms with Gasteiger partial charge in [0.05, 0.1) is 14.7 Å². The second kappa shape index (κ2) is 5.34. The average molecular weight is 372 g/mol. The normalized spacial score (nSPS) is 10.2. The van der Waals surface area contributed by atoms with Crippen LogP contribution in [0, 0.1) is 20.6 Å². The molecule has 0 radical (unpaired) electrons. The number of nitrogens with one attached hydrogen (secondary N) is 2. The van der Waals surface area contributed by atoms with Gasteiger partial charge in [0.2, 0.25) is 0 Å². The van der Waals surface area contributed by atoms with Crippen LogP contribution in [0.1, 0.15) is 16.1 Å². The van der Waals surface area contributed by atoms with Crippen LogP contribution in [0.4, 0.5) is 11.4 Å². The van der Waals surface area contributed by atoms with E-state index in [1.54, 1.807) is 6.92 Å². The highest BCUT2D eigenvalue weighted by Crippen LogP contribution is 2.22. The van der Waals surface area contributed by atoms with Gasteiger partial charge in [-0.15, -0.1) is 0 Å². The van der Waals surface area contributed by atoms with E-state index < -0.39 is 4.92 Å². The standard InChI is InChI=1S/C11H9IN4O3/c1-6-4-7(16(18)19)2-3-9(6)14-11(17)10-8(12)5-13-15-10/h2-5H,1H3,(H,13,15)(H,14,17). The van der Waals surface area contributed by atoms with Gasteiger partial charge in [0.15, 0.2) is 0 Å². The first kappa shape index (κ1) is 13.5. The van der Waals surface area contributed by atoms with E-state index in [1.807, 2.05) is 22.6 Å². The zero-order valence-corrected chi connectivity index (χ0v) is 12.0. The molecule has 8 heteroatoms. The Bertz CT molecular complexity index is 653. The van der Waals surface area contributed by atoms with Crippen molar-refractivity contribution in [3.8, 4) is 0 Å². The maximum atomic E-state index is 11.9. The summed E-state index contributed by atoms with van der Waals surface area (Å²) in [5.41, 5.74) is 1.50. The van der Waals surface area contributed by atoms with Crippen LogP contribution in [0.25, 0.3) is 0 Å². The van der Waals surface area contributed by atoms with Gasteiger partial charge in [0.1, 0.15) is 5.69 Å². The molecule has 1 amide bonds. The number of carbonyl (C=O) groups is 1. The minimum absolute atomic E-state index is 0.00776. The molecule has 7 nitrogen and oxygen atoms in total. The molecule has 1 heterocycles. The Balaban J connectivity index is 2.23. The Kier molecular flexibility index (Phi) is 3.79. The summed E-state index contributed by atoms with van der Waals surface area (Å²) in [7, 11) is 0. The fourth-order valence-corrected chi connectivity index (χ4v) is 2.02. The molecule has 0 aliphatic heterocycles. The number of carbonyl (C=O) groups excluding carboxylic acids is 1. The monoisotopic (exact) mass is 372 g/mol. The third-order valence-corrected chi connectivity index (χ3v) is 3.31.